The van der Waals surface area contributed by atoms with Crippen LogP contribution < -0.4 is 5.32 Å². The first-order valence-electron chi connectivity index (χ1n) is 8.19. The van der Waals surface area contributed by atoms with Gasteiger partial charge in [0.25, 0.3) is 5.91 Å². The third kappa shape index (κ3) is 3.02. The molecule has 128 valence electrons. The number of hydrogen-bond acceptors (Lipinski definition) is 5. The molecule has 6 nitrogen and oxygen atoms in total. The van der Waals surface area contributed by atoms with Crippen LogP contribution in [0.1, 0.15) is 23.3 Å². The van der Waals surface area contributed by atoms with Gasteiger partial charge in [0, 0.05) is 54.3 Å². The van der Waals surface area contributed by atoms with E-state index in [0.29, 0.717) is 5.69 Å². The number of nitrogens with zero attached hydrogens (tertiary/aromatic N) is 3. The maximum absolute atomic E-state index is 12.7. The lowest BCUT2D eigenvalue weighted by molar-refractivity contribution is 0.0922. The summed E-state index contributed by atoms with van der Waals surface area (Å²) in [6.45, 7) is 4.95. The first-order chi connectivity index (χ1) is 12.1. The van der Waals surface area contributed by atoms with E-state index in [1.807, 2.05) is 30.6 Å². The van der Waals surface area contributed by atoms with Crippen LogP contribution in [0.3, 0.4) is 0 Å². The molecule has 1 amide bonds. The SMILES string of the molecule is C=C1CC(NC(=O)c2n[nH]c3ccc(-c4nccs4)cc23)CCN1C. The van der Waals surface area contributed by atoms with Crippen molar-refractivity contribution in [3.63, 3.8) is 0 Å². The fourth-order valence-corrected chi connectivity index (χ4v) is 3.75. The zero-order valence-corrected chi connectivity index (χ0v) is 14.8. The number of rotatable bonds is 3. The summed E-state index contributed by atoms with van der Waals surface area (Å²) in [7, 11) is 2.03. The molecular formula is C18H19N5OS. The number of carbonyl (C=O) groups is 1. The normalized spacial score (nSPS) is 17.9. The third-order valence-electron chi connectivity index (χ3n) is 4.63. The highest BCUT2D eigenvalue weighted by Crippen LogP contribution is 2.27. The van der Waals surface area contributed by atoms with Gasteiger partial charge in [-0.15, -0.1) is 11.3 Å². The summed E-state index contributed by atoms with van der Waals surface area (Å²) in [4.78, 5) is 19.2. The monoisotopic (exact) mass is 353 g/mol. The van der Waals surface area contributed by atoms with E-state index in [9.17, 15) is 4.79 Å². The fraction of sp³-hybridized carbons (Fsp3) is 0.278. The maximum atomic E-state index is 12.7. The van der Waals surface area contributed by atoms with Gasteiger partial charge >= 0.3 is 0 Å². The molecule has 7 heteroatoms. The summed E-state index contributed by atoms with van der Waals surface area (Å²) in [5.41, 5.74) is 3.32. The van der Waals surface area contributed by atoms with Crippen molar-refractivity contribution >= 4 is 28.1 Å². The number of piperidine rings is 1. The molecule has 0 radical (unpaired) electrons. The molecule has 1 fully saturated rings. The van der Waals surface area contributed by atoms with E-state index in [1.54, 1.807) is 17.5 Å². The minimum atomic E-state index is -0.148. The van der Waals surface area contributed by atoms with Crippen molar-refractivity contribution in [2.24, 2.45) is 0 Å². The Morgan fingerprint density at radius 1 is 1.48 bits per heavy atom. The molecule has 0 aliphatic carbocycles. The third-order valence-corrected chi connectivity index (χ3v) is 5.45. The van der Waals surface area contributed by atoms with Crippen molar-refractivity contribution in [1.29, 1.82) is 0 Å². The summed E-state index contributed by atoms with van der Waals surface area (Å²) < 4.78 is 0. The van der Waals surface area contributed by atoms with E-state index in [0.717, 1.165) is 46.6 Å². The van der Waals surface area contributed by atoms with E-state index >= 15 is 0 Å². The maximum Gasteiger partial charge on any atom is 0.272 e. The smallest absolute Gasteiger partial charge is 0.272 e. The Morgan fingerprint density at radius 3 is 3.12 bits per heavy atom. The van der Waals surface area contributed by atoms with E-state index in [-0.39, 0.29) is 11.9 Å². The molecule has 0 spiro atoms. The number of likely N-dealkylation sites (tertiary alicyclic amines) is 1. The highest BCUT2D eigenvalue weighted by molar-refractivity contribution is 7.13. The van der Waals surface area contributed by atoms with Gasteiger partial charge in [-0.3, -0.25) is 9.89 Å². The largest absolute Gasteiger partial charge is 0.378 e. The van der Waals surface area contributed by atoms with Crippen LogP contribution in [0.15, 0.2) is 42.1 Å². The van der Waals surface area contributed by atoms with Crippen molar-refractivity contribution in [1.82, 2.24) is 25.4 Å². The van der Waals surface area contributed by atoms with E-state index < -0.39 is 0 Å². The van der Waals surface area contributed by atoms with Gasteiger partial charge in [0.15, 0.2) is 5.69 Å². The minimum Gasteiger partial charge on any atom is -0.378 e. The highest BCUT2D eigenvalue weighted by Gasteiger charge is 2.23. The van der Waals surface area contributed by atoms with Crippen molar-refractivity contribution in [2.75, 3.05) is 13.6 Å². The number of fused-ring (bicyclic) bond motifs is 1. The molecule has 1 aromatic carbocycles. The molecule has 1 aliphatic heterocycles. The topological polar surface area (TPSA) is 73.9 Å². The number of amides is 1. The molecule has 2 N–H and O–H groups in total. The van der Waals surface area contributed by atoms with Crippen LogP contribution in [0.25, 0.3) is 21.5 Å². The Hall–Kier alpha value is -2.67. The van der Waals surface area contributed by atoms with Gasteiger partial charge in [0.2, 0.25) is 0 Å². The van der Waals surface area contributed by atoms with Crippen LogP contribution in [-0.2, 0) is 0 Å². The molecule has 1 atom stereocenters. The molecule has 0 bridgehead atoms. The van der Waals surface area contributed by atoms with Crippen molar-refractivity contribution in [3.8, 4) is 10.6 Å². The lowest BCUT2D eigenvalue weighted by Crippen LogP contribution is -2.42. The van der Waals surface area contributed by atoms with Gasteiger partial charge in [0.1, 0.15) is 5.01 Å². The molecular weight excluding hydrogens is 334 g/mol. The standard InChI is InChI=1S/C18H19N5OS/c1-11-9-13(5-7-23(11)2)20-17(24)16-14-10-12(18-19-6-8-25-18)3-4-15(14)21-22-16/h3-4,6,8,10,13H,1,5,7,9H2,2H3,(H,20,24)(H,21,22). The number of aromatic amines is 1. The average molecular weight is 353 g/mol. The predicted octanol–water partition coefficient (Wildman–Crippen LogP) is 3.02. The van der Waals surface area contributed by atoms with E-state index in [4.69, 9.17) is 0 Å². The minimum absolute atomic E-state index is 0.102. The van der Waals surface area contributed by atoms with E-state index in [1.165, 1.54) is 0 Å². The fourth-order valence-electron chi connectivity index (χ4n) is 3.11. The second-order valence-corrected chi connectivity index (χ2v) is 7.22. The molecule has 1 saturated heterocycles. The van der Waals surface area contributed by atoms with Gasteiger partial charge in [-0.2, -0.15) is 5.10 Å². The number of hydrogen-bond donors (Lipinski definition) is 2. The van der Waals surface area contributed by atoms with Crippen LogP contribution in [0.2, 0.25) is 0 Å². The van der Waals surface area contributed by atoms with Crippen LogP contribution in [0.4, 0.5) is 0 Å². The van der Waals surface area contributed by atoms with Gasteiger partial charge in [-0.05, 0) is 24.6 Å². The number of nitrogens with one attached hydrogen (secondary N) is 2. The second kappa shape index (κ2) is 6.33. The number of H-pyrrole nitrogens is 1. The molecule has 3 aromatic rings. The molecule has 4 rings (SSSR count). The number of carbonyl (C=O) groups excluding carboxylic acids is 1. The van der Waals surface area contributed by atoms with Crippen LogP contribution >= 0.6 is 11.3 Å². The second-order valence-electron chi connectivity index (χ2n) is 6.32. The Morgan fingerprint density at radius 2 is 2.36 bits per heavy atom. The highest BCUT2D eigenvalue weighted by atomic mass is 32.1. The van der Waals surface area contributed by atoms with Gasteiger partial charge in [-0.25, -0.2) is 4.98 Å². The Balaban J connectivity index is 1.59. The van der Waals surface area contributed by atoms with Crippen molar-refractivity contribution in [3.05, 3.63) is 47.7 Å². The number of benzene rings is 1. The quantitative estimate of drug-likeness (QED) is 0.759. The zero-order chi connectivity index (χ0) is 17.4. The molecule has 3 heterocycles. The van der Waals surface area contributed by atoms with Gasteiger partial charge in [-0.1, -0.05) is 6.58 Å². The first kappa shape index (κ1) is 15.8. The molecule has 1 aliphatic rings. The van der Waals surface area contributed by atoms with Crippen LogP contribution in [-0.4, -0.2) is 45.6 Å². The summed E-state index contributed by atoms with van der Waals surface area (Å²) in [5, 5.41) is 14.0. The van der Waals surface area contributed by atoms with Crippen molar-refractivity contribution < 1.29 is 4.79 Å². The first-order valence-corrected chi connectivity index (χ1v) is 9.07. The van der Waals surface area contributed by atoms with Crippen molar-refractivity contribution in [2.45, 2.75) is 18.9 Å². The number of aromatic nitrogens is 3. The summed E-state index contributed by atoms with van der Waals surface area (Å²) in [6.07, 6.45) is 3.46. The average Bonchev–Trinajstić information content (AvgIpc) is 3.26. The number of thiazole rings is 1. The summed E-state index contributed by atoms with van der Waals surface area (Å²) >= 11 is 1.57. The summed E-state index contributed by atoms with van der Waals surface area (Å²) in [6, 6.07) is 6.00. The predicted molar refractivity (Wildman–Crippen MR) is 99.5 cm³/mol. The van der Waals surface area contributed by atoms with Gasteiger partial charge in [0.05, 0.1) is 5.52 Å². The Labute approximate surface area is 149 Å². The van der Waals surface area contributed by atoms with Crippen LogP contribution in [0, 0.1) is 0 Å². The lowest BCUT2D eigenvalue weighted by Gasteiger charge is -2.32. The Bertz CT molecular complexity index is 930. The summed E-state index contributed by atoms with van der Waals surface area (Å²) in [5.74, 6) is -0.148. The lowest BCUT2D eigenvalue weighted by atomic mass is 10.0. The Kier molecular flexibility index (Phi) is 4.01. The van der Waals surface area contributed by atoms with Gasteiger partial charge < -0.3 is 10.2 Å². The van der Waals surface area contributed by atoms with E-state index in [2.05, 4.69) is 32.0 Å². The molecule has 2 aromatic heterocycles. The zero-order valence-electron chi connectivity index (χ0n) is 14.0. The van der Waals surface area contributed by atoms with Crippen LogP contribution in [0.5, 0.6) is 0 Å². The molecule has 1 unspecified atom stereocenters. The molecule has 25 heavy (non-hydrogen) atoms. The molecule has 0 saturated carbocycles.